The van der Waals surface area contributed by atoms with Gasteiger partial charge >= 0.3 is 0 Å². The molecule has 0 aliphatic heterocycles. The number of amides is 1. The summed E-state index contributed by atoms with van der Waals surface area (Å²) >= 11 is 0. The number of ether oxygens (including phenoxy) is 1. The number of aromatic nitrogens is 2. The molecule has 0 aliphatic rings. The molecule has 0 fully saturated rings. The van der Waals surface area contributed by atoms with Crippen molar-refractivity contribution in [3.05, 3.63) is 72.2 Å². The molecule has 0 saturated carbocycles. The lowest BCUT2D eigenvalue weighted by Crippen LogP contribution is -2.13. The summed E-state index contributed by atoms with van der Waals surface area (Å²) in [5, 5.41) is 6.05. The largest absolute Gasteiger partial charge is 0.496 e. The smallest absolute Gasteiger partial charge is 0.259 e. The number of para-hydroxylation sites is 1. The molecule has 25 heavy (non-hydrogen) atoms. The molecule has 0 unspecified atom stereocenters. The minimum absolute atomic E-state index is 0.218. The van der Waals surface area contributed by atoms with Crippen LogP contribution in [0.5, 0.6) is 5.75 Å². The van der Waals surface area contributed by atoms with Crippen molar-refractivity contribution in [1.29, 1.82) is 0 Å². The summed E-state index contributed by atoms with van der Waals surface area (Å²) in [6, 6.07) is 16.3. The van der Waals surface area contributed by atoms with Crippen LogP contribution in [0.15, 0.2) is 60.9 Å². The molecule has 2 aromatic carbocycles. The third kappa shape index (κ3) is 4.11. The topological polar surface area (TPSA) is 76.1 Å². The van der Waals surface area contributed by atoms with Crippen molar-refractivity contribution in [2.45, 2.75) is 6.92 Å². The Labute approximate surface area is 145 Å². The summed E-state index contributed by atoms with van der Waals surface area (Å²) in [7, 11) is 1.54. The Bertz CT molecular complexity index is 879. The van der Waals surface area contributed by atoms with Gasteiger partial charge in [-0.15, -0.1) is 0 Å². The van der Waals surface area contributed by atoms with Gasteiger partial charge in [-0.2, -0.15) is 0 Å². The first-order valence-corrected chi connectivity index (χ1v) is 7.76. The van der Waals surface area contributed by atoms with Gasteiger partial charge in [-0.25, -0.2) is 9.97 Å². The minimum Gasteiger partial charge on any atom is -0.496 e. The van der Waals surface area contributed by atoms with Gasteiger partial charge in [0.2, 0.25) is 0 Å². The van der Waals surface area contributed by atoms with Crippen LogP contribution in [0.4, 0.5) is 17.2 Å². The maximum Gasteiger partial charge on any atom is 0.259 e. The maximum atomic E-state index is 12.4. The fourth-order valence-corrected chi connectivity index (χ4v) is 2.34. The van der Waals surface area contributed by atoms with E-state index in [-0.39, 0.29) is 5.91 Å². The third-order valence-corrected chi connectivity index (χ3v) is 3.57. The van der Waals surface area contributed by atoms with E-state index in [1.54, 1.807) is 25.3 Å². The summed E-state index contributed by atoms with van der Waals surface area (Å²) in [6.07, 6.45) is 1.51. The number of nitrogens with one attached hydrogen (secondary N) is 2. The van der Waals surface area contributed by atoms with Crippen LogP contribution in [0.25, 0.3) is 0 Å². The standard InChI is InChI=1S/C19H18N4O2/c1-13-11-18(21-12-20-13)22-14-7-9-15(10-8-14)23-19(24)16-5-3-4-6-17(16)25-2/h3-12H,1-2H3,(H,23,24)(H,20,21,22). The summed E-state index contributed by atoms with van der Waals surface area (Å²) in [4.78, 5) is 20.6. The Balaban J connectivity index is 1.69. The van der Waals surface area contributed by atoms with Crippen molar-refractivity contribution < 1.29 is 9.53 Å². The molecule has 1 amide bonds. The van der Waals surface area contributed by atoms with Crippen molar-refractivity contribution in [1.82, 2.24) is 9.97 Å². The summed E-state index contributed by atoms with van der Waals surface area (Å²) in [5.74, 6) is 1.04. The SMILES string of the molecule is COc1ccccc1C(=O)Nc1ccc(Nc2cc(C)ncn2)cc1. The van der Waals surface area contributed by atoms with E-state index in [4.69, 9.17) is 4.74 Å². The highest BCUT2D eigenvalue weighted by Gasteiger charge is 2.11. The van der Waals surface area contributed by atoms with Gasteiger partial charge in [-0.3, -0.25) is 4.79 Å². The second-order valence-corrected chi connectivity index (χ2v) is 5.40. The number of aryl methyl sites for hydroxylation is 1. The Kier molecular flexibility index (Phi) is 4.89. The van der Waals surface area contributed by atoms with Crippen LogP contribution in [0, 0.1) is 6.92 Å². The lowest BCUT2D eigenvalue weighted by molar-refractivity contribution is 0.102. The Hall–Kier alpha value is -3.41. The number of rotatable bonds is 5. The van der Waals surface area contributed by atoms with Gasteiger partial charge in [-0.1, -0.05) is 12.1 Å². The van der Waals surface area contributed by atoms with Gasteiger partial charge in [0.25, 0.3) is 5.91 Å². The van der Waals surface area contributed by atoms with Crippen LogP contribution < -0.4 is 15.4 Å². The number of anilines is 3. The molecule has 0 radical (unpaired) electrons. The zero-order valence-corrected chi connectivity index (χ0v) is 14.0. The Morgan fingerprint density at radius 3 is 2.44 bits per heavy atom. The van der Waals surface area contributed by atoms with Gasteiger partial charge < -0.3 is 15.4 Å². The molecular formula is C19H18N4O2. The molecule has 1 heterocycles. The molecule has 0 bridgehead atoms. The molecule has 0 saturated heterocycles. The molecular weight excluding hydrogens is 316 g/mol. The van der Waals surface area contributed by atoms with Gasteiger partial charge in [0.05, 0.1) is 12.7 Å². The van der Waals surface area contributed by atoms with Crippen LogP contribution in [-0.2, 0) is 0 Å². The van der Waals surface area contributed by atoms with E-state index < -0.39 is 0 Å². The highest BCUT2D eigenvalue weighted by molar-refractivity contribution is 6.06. The maximum absolute atomic E-state index is 12.4. The molecule has 1 aromatic heterocycles. The number of methoxy groups -OCH3 is 1. The first kappa shape index (κ1) is 16.4. The van der Waals surface area contributed by atoms with Gasteiger partial charge in [-0.05, 0) is 43.3 Å². The van der Waals surface area contributed by atoms with Crippen LogP contribution in [0.1, 0.15) is 16.1 Å². The molecule has 126 valence electrons. The molecule has 2 N–H and O–H groups in total. The van der Waals surface area contributed by atoms with E-state index in [0.29, 0.717) is 17.0 Å². The van der Waals surface area contributed by atoms with Crippen molar-refractivity contribution in [2.24, 2.45) is 0 Å². The van der Waals surface area contributed by atoms with E-state index in [1.165, 1.54) is 6.33 Å². The van der Waals surface area contributed by atoms with Crippen LogP contribution >= 0.6 is 0 Å². The molecule has 0 atom stereocenters. The van der Waals surface area contributed by atoms with E-state index in [2.05, 4.69) is 20.6 Å². The van der Waals surface area contributed by atoms with Crippen molar-refractivity contribution in [2.75, 3.05) is 17.7 Å². The van der Waals surface area contributed by atoms with Crippen LogP contribution in [0.2, 0.25) is 0 Å². The van der Waals surface area contributed by atoms with Crippen LogP contribution in [-0.4, -0.2) is 23.0 Å². The number of carbonyl (C=O) groups is 1. The summed E-state index contributed by atoms with van der Waals surface area (Å²) in [6.45, 7) is 1.91. The highest BCUT2D eigenvalue weighted by atomic mass is 16.5. The third-order valence-electron chi connectivity index (χ3n) is 3.57. The van der Waals surface area contributed by atoms with E-state index >= 15 is 0 Å². The fourth-order valence-electron chi connectivity index (χ4n) is 2.34. The van der Waals surface area contributed by atoms with Crippen LogP contribution in [0.3, 0.4) is 0 Å². The van der Waals surface area contributed by atoms with Crippen molar-refractivity contribution in [3.8, 4) is 5.75 Å². The van der Waals surface area contributed by atoms with E-state index in [1.807, 2.05) is 43.3 Å². The predicted molar refractivity (Wildman–Crippen MR) is 97.4 cm³/mol. The molecule has 6 nitrogen and oxygen atoms in total. The lowest BCUT2D eigenvalue weighted by Gasteiger charge is -2.10. The average molecular weight is 334 g/mol. The van der Waals surface area contributed by atoms with Gasteiger partial charge in [0.1, 0.15) is 17.9 Å². The van der Waals surface area contributed by atoms with E-state index in [0.717, 1.165) is 17.2 Å². The molecule has 6 heteroatoms. The second kappa shape index (κ2) is 7.44. The normalized spacial score (nSPS) is 10.2. The Morgan fingerprint density at radius 2 is 1.72 bits per heavy atom. The molecule has 0 aliphatic carbocycles. The first-order chi connectivity index (χ1) is 12.2. The van der Waals surface area contributed by atoms with Gasteiger partial charge in [0, 0.05) is 23.1 Å². The lowest BCUT2D eigenvalue weighted by atomic mass is 10.2. The predicted octanol–water partition coefficient (Wildman–Crippen LogP) is 3.79. The zero-order valence-electron chi connectivity index (χ0n) is 14.0. The number of benzene rings is 2. The average Bonchev–Trinajstić information content (AvgIpc) is 2.63. The summed E-state index contributed by atoms with van der Waals surface area (Å²) < 4.78 is 5.22. The highest BCUT2D eigenvalue weighted by Crippen LogP contribution is 2.21. The zero-order chi connectivity index (χ0) is 17.6. The van der Waals surface area contributed by atoms with E-state index in [9.17, 15) is 4.79 Å². The first-order valence-electron chi connectivity index (χ1n) is 7.76. The minimum atomic E-state index is -0.218. The van der Waals surface area contributed by atoms with Gasteiger partial charge in [0.15, 0.2) is 0 Å². The van der Waals surface area contributed by atoms with Crippen molar-refractivity contribution in [3.63, 3.8) is 0 Å². The molecule has 3 rings (SSSR count). The number of nitrogens with zero attached hydrogens (tertiary/aromatic N) is 2. The summed E-state index contributed by atoms with van der Waals surface area (Å²) in [5.41, 5.74) is 2.94. The number of hydrogen-bond acceptors (Lipinski definition) is 5. The van der Waals surface area contributed by atoms with Crippen molar-refractivity contribution >= 4 is 23.1 Å². The Morgan fingerprint density at radius 1 is 1.00 bits per heavy atom. The second-order valence-electron chi connectivity index (χ2n) is 5.40. The monoisotopic (exact) mass is 334 g/mol. The molecule has 0 spiro atoms. The molecule has 3 aromatic rings. The fraction of sp³-hybridized carbons (Fsp3) is 0.105. The quantitative estimate of drug-likeness (QED) is 0.742. The number of carbonyl (C=O) groups excluding carboxylic acids is 1. The number of hydrogen-bond donors (Lipinski definition) is 2.